The molecule has 0 fully saturated rings. The van der Waals surface area contributed by atoms with E-state index in [1.54, 1.807) is 0 Å². The van der Waals surface area contributed by atoms with Gasteiger partial charge in [0.1, 0.15) is 12.1 Å². The minimum absolute atomic E-state index is 0.0349. The normalized spacial score (nSPS) is 16.2. The van der Waals surface area contributed by atoms with E-state index in [0.717, 1.165) is 0 Å². The van der Waals surface area contributed by atoms with Crippen LogP contribution in [0.1, 0.15) is 33.1 Å². The first kappa shape index (κ1) is 26.1. The molecular formula is C16H31N5O6S. The van der Waals surface area contributed by atoms with Crippen molar-refractivity contribution in [3.05, 3.63) is 0 Å². The molecule has 0 aliphatic rings. The number of rotatable bonds is 13. The highest BCUT2D eigenvalue weighted by atomic mass is 32.1. The topological polar surface area (TPSA) is 197 Å². The summed E-state index contributed by atoms with van der Waals surface area (Å²) >= 11 is 4.02. The van der Waals surface area contributed by atoms with Crippen molar-refractivity contribution < 1.29 is 29.4 Å². The molecule has 5 unspecified atom stereocenters. The molecule has 0 aromatic rings. The Morgan fingerprint density at radius 1 is 0.964 bits per heavy atom. The molecular weight excluding hydrogens is 390 g/mol. The quantitative estimate of drug-likeness (QED) is 0.116. The molecule has 0 aliphatic carbocycles. The first-order valence-electron chi connectivity index (χ1n) is 8.93. The first-order chi connectivity index (χ1) is 13.0. The van der Waals surface area contributed by atoms with Crippen LogP contribution >= 0.6 is 12.6 Å². The summed E-state index contributed by atoms with van der Waals surface area (Å²) in [5.74, 6) is -3.44. The van der Waals surface area contributed by atoms with E-state index in [1.807, 2.05) is 0 Å². The Morgan fingerprint density at radius 2 is 1.50 bits per heavy atom. The molecule has 0 aromatic heterocycles. The molecule has 9 N–H and O–H groups in total. The molecule has 12 heteroatoms. The van der Waals surface area contributed by atoms with Gasteiger partial charge < -0.3 is 37.6 Å². The van der Waals surface area contributed by atoms with Crippen molar-refractivity contribution in [2.45, 2.75) is 63.4 Å². The van der Waals surface area contributed by atoms with Crippen molar-refractivity contribution in [2.24, 2.45) is 11.5 Å². The lowest BCUT2D eigenvalue weighted by Gasteiger charge is -2.25. The number of nitrogens with two attached hydrogens (primary N) is 2. The molecule has 11 nitrogen and oxygen atoms in total. The lowest BCUT2D eigenvalue weighted by molar-refractivity contribution is -0.145. The Bertz CT molecular complexity index is 546. The Labute approximate surface area is 169 Å². The molecule has 3 amide bonds. The highest BCUT2D eigenvalue weighted by Gasteiger charge is 2.31. The van der Waals surface area contributed by atoms with Gasteiger partial charge >= 0.3 is 5.97 Å². The smallest absolute Gasteiger partial charge is 0.328 e. The summed E-state index contributed by atoms with van der Waals surface area (Å²) in [6.07, 6.45) is -0.0478. The maximum Gasteiger partial charge on any atom is 0.328 e. The minimum Gasteiger partial charge on any atom is -0.480 e. The van der Waals surface area contributed by atoms with E-state index < -0.39 is 54.0 Å². The van der Waals surface area contributed by atoms with Gasteiger partial charge in [-0.25, -0.2) is 4.79 Å². The van der Waals surface area contributed by atoms with Gasteiger partial charge in [0.15, 0.2) is 6.04 Å². The number of carboxylic acids is 1. The number of hydrogen-bond acceptors (Lipinski definition) is 8. The zero-order chi connectivity index (χ0) is 21.9. The molecule has 5 atom stereocenters. The minimum atomic E-state index is -1.53. The lowest BCUT2D eigenvalue weighted by Crippen LogP contribution is -2.58. The third kappa shape index (κ3) is 9.35. The fourth-order valence-electron chi connectivity index (χ4n) is 2.17. The third-order valence-electron chi connectivity index (χ3n) is 3.86. The molecule has 0 heterocycles. The van der Waals surface area contributed by atoms with Crippen LogP contribution in [0.2, 0.25) is 0 Å². The van der Waals surface area contributed by atoms with Crippen LogP contribution in [0.5, 0.6) is 0 Å². The van der Waals surface area contributed by atoms with Crippen molar-refractivity contribution >= 4 is 36.3 Å². The van der Waals surface area contributed by atoms with Gasteiger partial charge in [0, 0.05) is 5.75 Å². The number of carbonyl (C=O) groups excluding carboxylic acids is 3. The SMILES string of the molecule is CC(N)C(=O)NC(CS)C(=O)NC(CCCCN)C(=O)NC(C(=O)O)C(C)O. The molecule has 0 aliphatic heterocycles. The first-order valence-corrected chi connectivity index (χ1v) is 9.56. The Hall–Kier alpha value is -1.89. The summed E-state index contributed by atoms with van der Waals surface area (Å²) in [6, 6.07) is -4.46. The van der Waals surface area contributed by atoms with E-state index in [-0.39, 0.29) is 12.2 Å². The van der Waals surface area contributed by atoms with Gasteiger partial charge in [0.25, 0.3) is 0 Å². The maximum absolute atomic E-state index is 12.5. The number of nitrogens with one attached hydrogen (secondary N) is 3. The van der Waals surface area contributed by atoms with E-state index in [0.29, 0.717) is 19.4 Å². The van der Waals surface area contributed by atoms with Crippen LogP contribution in [-0.2, 0) is 19.2 Å². The molecule has 0 rings (SSSR count). The van der Waals surface area contributed by atoms with Gasteiger partial charge in [-0.3, -0.25) is 14.4 Å². The zero-order valence-corrected chi connectivity index (χ0v) is 16.9. The number of amides is 3. The summed E-state index contributed by atoms with van der Waals surface area (Å²) in [5.41, 5.74) is 10.9. The molecule has 0 saturated heterocycles. The van der Waals surface area contributed by atoms with Crippen molar-refractivity contribution in [1.29, 1.82) is 0 Å². The predicted octanol–water partition coefficient (Wildman–Crippen LogP) is -2.69. The van der Waals surface area contributed by atoms with Crippen LogP contribution in [-0.4, -0.2) is 76.5 Å². The van der Waals surface area contributed by atoms with Gasteiger partial charge in [-0.2, -0.15) is 12.6 Å². The number of hydrogen-bond donors (Lipinski definition) is 8. The van der Waals surface area contributed by atoms with Crippen molar-refractivity contribution in [1.82, 2.24) is 16.0 Å². The second-order valence-corrected chi connectivity index (χ2v) is 6.81. The van der Waals surface area contributed by atoms with Crippen LogP contribution in [0, 0.1) is 0 Å². The molecule has 162 valence electrons. The van der Waals surface area contributed by atoms with Crippen molar-refractivity contribution in [2.75, 3.05) is 12.3 Å². The largest absolute Gasteiger partial charge is 0.480 e. The highest BCUT2D eigenvalue weighted by Crippen LogP contribution is 2.04. The van der Waals surface area contributed by atoms with Gasteiger partial charge in [-0.1, -0.05) is 0 Å². The fourth-order valence-corrected chi connectivity index (χ4v) is 2.43. The average molecular weight is 422 g/mol. The fraction of sp³-hybridized carbons (Fsp3) is 0.750. The Balaban J connectivity index is 5.20. The number of carbonyl (C=O) groups is 4. The second kappa shape index (κ2) is 13.3. The van der Waals surface area contributed by atoms with Crippen LogP contribution in [0.4, 0.5) is 0 Å². The molecule has 0 saturated carbocycles. The van der Waals surface area contributed by atoms with Crippen molar-refractivity contribution in [3.63, 3.8) is 0 Å². The summed E-state index contributed by atoms with van der Waals surface area (Å²) in [4.78, 5) is 47.8. The summed E-state index contributed by atoms with van der Waals surface area (Å²) in [5, 5.41) is 25.7. The second-order valence-electron chi connectivity index (χ2n) is 6.44. The molecule has 0 bridgehead atoms. The van der Waals surface area contributed by atoms with Gasteiger partial charge in [-0.05, 0) is 39.7 Å². The number of unbranched alkanes of at least 4 members (excludes halogenated alkanes) is 1. The van der Waals surface area contributed by atoms with Gasteiger partial charge in [0.05, 0.1) is 12.1 Å². The van der Waals surface area contributed by atoms with Crippen molar-refractivity contribution in [3.8, 4) is 0 Å². The van der Waals surface area contributed by atoms with E-state index in [4.69, 9.17) is 16.6 Å². The van der Waals surface area contributed by atoms with Crippen LogP contribution in [0.15, 0.2) is 0 Å². The predicted molar refractivity (Wildman–Crippen MR) is 106 cm³/mol. The molecule has 28 heavy (non-hydrogen) atoms. The summed E-state index contributed by atoms with van der Waals surface area (Å²) in [6.45, 7) is 3.06. The monoisotopic (exact) mass is 421 g/mol. The number of carboxylic acid groups (broad SMARTS) is 1. The maximum atomic E-state index is 12.5. The molecule has 0 aromatic carbocycles. The average Bonchev–Trinajstić information content (AvgIpc) is 2.61. The van der Waals surface area contributed by atoms with E-state index >= 15 is 0 Å². The van der Waals surface area contributed by atoms with E-state index in [1.165, 1.54) is 13.8 Å². The van der Waals surface area contributed by atoms with Gasteiger partial charge in [0.2, 0.25) is 17.7 Å². The summed E-state index contributed by atoms with van der Waals surface area (Å²) < 4.78 is 0. The van der Waals surface area contributed by atoms with Crippen LogP contribution in [0.25, 0.3) is 0 Å². The van der Waals surface area contributed by atoms with Crippen LogP contribution < -0.4 is 27.4 Å². The van der Waals surface area contributed by atoms with E-state index in [9.17, 15) is 24.3 Å². The standard InChI is InChI=1S/C16H31N5O6S/c1-8(18)13(23)20-11(7-28)15(25)19-10(5-3-4-6-17)14(24)21-12(9(2)22)16(26)27/h8-12,22,28H,3-7,17-18H2,1-2H3,(H,19,25)(H,20,23)(H,21,24)(H,26,27). The third-order valence-corrected chi connectivity index (χ3v) is 4.22. The molecule has 0 spiro atoms. The summed E-state index contributed by atoms with van der Waals surface area (Å²) in [7, 11) is 0. The van der Waals surface area contributed by atoms with Gasteiger partial charge in [-0.15, -0.1) is 0 Å². The zero-order valence-electron chi connectivity index (χ0n) is 16.1. The Morgan fingerprint density at radius 3 is 1.93 bits per heavy atom. The van der Waals surface area contributed by atoms with Crippen LogP contribution in [0.3, 0.4) is 0 Å². The lowest BCUT2D eigenvalue weighted by atomic mass is 10.1. The number of aliphatic carboxylic acids is 1. The number of thiol groups is 1. The van der Waals surface area contributed by atoms with E-state index in [2.05, 4.69) is 28.6 Å². The highest BCUT2D eigenvalue weighted by molar-refractivity contribution is 7.80. The molecule has 0 radical (unpaired) electrons. The number of aliphatic hydroxyl groups is 1. The number of aliphatic hydroxyl groups excluding tert-OH is 1. The Kier molecular flexibility index (Phi) is 12.4.